The number of anilines is 1. The van der Waals surface area contributed by atoms with E-state index in [1.54, 1.807) is 45.0 Å². The van der Waals surface area contributed by atoms with Crippen LogP contribution in [0, 0.1) is 5.82 Å². The second kappa shape index (κ2) is 8.19. The Morgan fingerprint density at radius 1 is 1.23 bits per heavy atom. The van der Waals surface area contributed by atoms with Crippen LogP contribution in [-0.2, 0) is 11.3 Å². The van der Waals surface area contributed by atoms with Crippen molar-refractivity contribution in [2.24, 2.45) is 0 Å². The summed E-state index contributed by atoms with van der Waals surface area (Å²) in [6.07, 6.45) is -0.254. The van der Waals surface area contributed by atoms with E-state index in [-0.39, 0.29) is 22.9 Å². The van der Waals surface area contributed by atoms with Gasteiger partial charge in [0.2, 0.25) is 0 Å². The second-order valence-electron chi connectivity index (χ2n) is 6.46. The van der Waals surface area contributed by atoms with Crippen molar-refractivity contribution in [3.63, 3.8) is 0 Å². The molecule has 0 radical (unpaired) electrons. The predicted octanol–water partition coefficient (Wildman–Crippen LogP) is 5.22. The molecule has 0 aromatic heterocycles. The van der Waals surface area contributed by atoms with Gasteiger partial charge in [-0.1, -0.05) is 29.8 Å². The summed E-state index contributed by atoms with van der Waals surface area (Å²) in [7, 11) is 0. The van der Waals surface area contributed by atoms with Crippen LogP contribution in [0.3, 0.4) is 0 Å². The van der Waals surface area contributed by atoms with Crippen molar-refractivity contribution < 1.29 is 23.5 Å². The van der Waals surface area contributed by atoms with Gasteiger partial charge in [-0.15, -0.1) is 0 Å². The van der Waals surface area contributed by atoms with E-state index in [0.717, 1.165) is 6.07 Å². The van der Waals surface area contributed by atoms with Gasteiger partial charge in [0.15, 0.2) is 6.29 Å². The molecule has 5 nitrogen and oxygen atoms in total. The number of halogens is 2. The topological polar surface area (TPSA) is 64.6 Å². The van der Waals surface area contributed by atoms with Crippen molar-refractivity contribution in [2.45, 2.75) is 33.0 Å². The number of benzene rings is 2. The molecule has 0 bridgehead atoms. The maximum Gasteiger partial charge on any atom is 0.412 e. The number of aldehydes is 1. The van der Waals surface area contributed by atoms with Crippen LogP contribution in [0.25, 0.3) is 0 Å². The molecule has 0 aliphatic carbocycles. The van der Waals surface area contributed by atoms with Crippen molar-refractivity contribution in [3.8, 4) is 5.75 Å². The summed E-state index contributed by atoms with van der Waals surface area (Å²) >= 11 is 5.99. The fourth-order valence-corrected chi connectivity index (χ4v) is 2.36. The maximum absolute atomic E-state index is 13.5. The van der Waals surface area contributed by atoms with Crippen LogP contribution in [0.1, 0.15) is 36.7 Å². The van der Waals surface area contributed by atoms with Crippen molar-refractivity contribution >= 4 is 29.7 Å². The minimum Gasteiger partial charge on any atom is -0.487 e. The Balaban J connectivity index is 2.14. The summed E-state index contributed by atoms with van der Waals surface area (Å²) in [5.74, 6) is -0.549. The quantitative estimate of drug-likeness (QED) is 0.723. The van der Waals surface area contributed by atoms with Crippen molar-refractivity contribution in [1.29, 1.82) is 0 Å². The lowest BCUT2D eigenvalue weighted by Crippen LogP contribution is -2.27. The summed E-state index contributed by atoms with van der Waals surface area (Å²) in [6.45, 7) is 5.35. The van der Waals surface area contributed by atoms with Gasteiger partial charge in [-0.25, -0.2) is 9.18 Å². The molecule has 0 atom stereocenters. The van der Waals surface area contributed by atoms with E-state index in [9.17, 15) is 14.0 Å². The van der Waals surface area contributed by atoms with Gasteiger partial charge in [0, 0.05) is 5.56 Å². The minimum atomic E-state index is -0.718. The van der Waals surface area contributed by atoms with E-state index in [0.29, 0.717) is 17.5 Å². The zero-order chi connectivity index (χ0) is 19.3. The zero-order valence-electron chi connectivity index (χ0n) is 14.6. The number of rotatable bonds is 5. The molecule has 7 heteroatoms. The molecule has 0 spiro atoms. The molecule has 1 amide bonds. The minimum absolute atomic E-state index is 0.0512. The number of amides is 1. The lowest BCUT2D eigenvalue weighted by atomic mass is 10.2. The van der Waals surface area contributed by atoms with E-state index >= 15 is 0 Å². The molecular formula is C19H19ClFNO4. The SMILES string of the molecule is CC(C)(C)OC(=O)Nc1ccccc1COc1ccc(F)c(C=O)c1Cl. The van der Waals surface area contributed by atoms with Gasteiger partial charge in [-0.2, -0.15) is 0 Å². The molecule has 0 aliphatic rings. The van der Waals surface area contributed by atoms with E-state index in [1.807, 2.05) is 0 Å². The number of carbonyl (C=O) groups is 2. The summed E-state index contributed by atoms with van der Waals surface area (Å²) in [5, 5.41) is 2.56. The molecule has 2 aromatic rings. The summed E-state index contributed by atoms with van der Waals surface area (Å²) in [6, 6.07) is 9.44. The molecule has 138 valence electrons. The number of hydrogen-bond donors (Lipinski definition) is 1. The van der Waals surface area contributed by atoms with Gasteiger partial charge < -0.3 is 9.47 Å². The third kappa shape index (κ3) is 5.20. The summed E-state index contributed by atoms with van der Waals surface area (Å²) in [5.41, 5.74) is 0.286. The lowest BCUT2D eigenvalue weighted by molar-refractivity contribution is 0.0635. The smallest absolute Gasteiger partial charge is 0.412 e. The van der Waals surface area contributed by atoms with Crippen LogP contribution in [-0.4, -0.2) is 18.0 Å². The Kier molecular flexibility index (Phi) is 6.21. The number of para-hydroxylation sites is 1. The standard InChI is InChI=1S/C19H19ClFNO4/c1-19(2,3)26-18(24)22-15-7-5-4-6-12(15)11-25-16-9-8-14(21)13(10-23)17(16)20/h4-10H,11H2,1-3H3,(H,22,24). The molecule has 0 aliphatic heterocycles. The highest BCUT2D eigenvalue weighted by Gasteiger charge is 2.17. The third-order valence-corrected chi connectivity index (χ3v) is 3.64. The number of hydrogen-bond acceptors (Lipinski definition) is 4. The molecule has 26 heavy (non-hydrogen) atoms. The lowest BCUT2D eigenvalue weighted by Gasteiger charge is -2.20. The van der Waals surface area contributed by atoms with E-state index in [2.05, 4.69) is 5.32 Å². The third-order valence-electron chi connectivity index (χ3n) is 3.25. The first-order valence-corrected chi connectivity index (χ1v) is 8.23. The molecule has 0 heterocycles. The molecule has 0 saturated carbocycles. The highest BCUT2D eigenvalue weighted by atomic mass is 35.5. The fraction of sp³-hybridized carbons (Fsp3) is 0.263. The van der Waals surface area contributed by atoms with E-state index in [1.165, 1.54) is 6.07 Å². The van der Waals surface area contributed by atoms with Gasteiger partial charge in [-0.3, -0.25) is 10.1 Å². The highest BCUT2D eigenvalue weighted by molar-refractivity contribution is 6.34. The number of nitrogens with one attached hydrogen (secondary N) is 1. The number of carbonyl (C=O) groups excluding carboxylic acids is 2. The van der Waals surface area contributed by atoms with Crippen LogP contribution in [0.4, 0.5) is 14.9 Å². The normalized spacial score (nSPS) is 11.0. The van der Waals surface area contributed by atoms with Gasteiger partial charge in [-0.05, 0) is 39.0 Å². The zero-order valence-corrected chi connectivity index (χ0v) is 15.4. The van der Waals surface area contributed by atoms with Gasteiger partial charge in [0.05, 0.1) is 16.3 Å². The average molecular weight is 380 g/mol. The predicted molar refractivity (Wildman–Crippen MR) is 97.4 cm³/mol. The highest BCUT2D eigenvalue weighted by Crippen LogP contribution is 2.30. The molecule has 2 aromatic carbocycles. The second-order valence-corrected chi connectivity index (χ2v) is 6.84. The Hall–Kier alpha value is -2.60. The van der Waals surface area contributed by atoms with Crippen molar-refractivity contribution in [2.75, 3.05) is 5.32 Å². The van der Waals surface area contributed by atoms with Crippen LogP contribution < -0.4 is 10.1 Å². The Morgan fingerprint density at radius 3 is 2.58 bits per heavy atom. The van der Waals surface area contributed by atoms with Crippen molar-refractivity contribution in [3.05, 3.63) is 58.4 Å². The fourth-order valence-electron chi connectivity index (χ4n) is 2.11. The van der Waals surface area contributed by atoms with Gasteiger partial charge >= 0.3 is 6.09 Å². The monoisotopic (exact) mass is 379 g/mol. The van der Waals surface area contributed by atoms with E-state index < -0.39 is 17.5 Å². The first-order chi connectivity index (χ1) is 12.2. The van der Waals surface area contributed by atoms with E-state index in [4.69, 9.17) is 21.1 Å². The first-order valence-electron chi connectivity index (χ1n) is 7.85. The maximum atomic E-state index is 13.5. The van der Waals surface area contributed by atoms with Crippen LogP contribution >= 0.6 is 11.6 Å². The largest absolute Gasteiger partial charge is 0.487 e. The Bertz CT molecular complexity index is 818. The van der Waals surface area contributed by atoms with Crippen LogP contribution in [0.15, 0.2) is 36.4 Å². The first kappa shape index (κ1) is 19.7. The molecule has 2 rings (SSSR count). The molecular weight excluding hydrogens is 361 g/mol. The van der Waals surface area contributed by atoms with Gasteiger partial charge in [0.25, 0.3) is 0 Å². The molecule has 0 fully saturated rings. The van der Waals surface area contributed by atoms with Crippen LogP contribution in [0.2, 0.25) is 5.02 Å². The Labute approximate surface area is 156 Å². The van der Waals surface area contributed by atoms with Crippen molar-refractivity contribution in [1.82, 2.24) is 0 Å². The molecule has 0 saturated heterocycles. The average Bonchev–Trinajstić information content (AvgIpc) is 2.54. The molecule has 0 unspecified atom stereocenters. The van der Waals surface area contributed by atoms with Crippen LogP contribution in [0.5, 0.6) is 5.75 Å². The summed E-state index contributed by atoms with van der Waals surface area (Å²) in [4.78, 5) is 22.9. The Morgan fingerprint density at radius 2 is 1.92 bits per heavy atom. The number of ether oxygens (including phenoxy) is 2. The molecule has 1 N–H and O–H groups in total. The summed E-state index contributed by atoms with van der Waals surface area (Å²) < 4.78 is 24.3. The van der Waals surface area contributed by atoms with Gasteiger partial charge in [0.1, 0.15) is 23.8 Å².